The van der Waals surface area contributed by atoms with Gasteiger partial charge < -0.3 is 19.9 Å². The first-order valence-corrected chi connectivity index (χ1v) is 7.69. The molecule has 132 valence electrons. The molecule has 6 nitrogen and oxygen atoms in total. The number of hydrogen-bond acceptors (Lipinski definition) is 5. The molecule has 1 heterocycles. The van der Waals surface area contributed by atoms with Gasteiger partial charge in [-0.25, -0.2) is 0 Å². The van der Waals surface area contributed by atoms with Gasteiger partial charge in [0.1, 0.15) is 6.61 Å². The third-order valence-electron chi connectivity index (χ3n) is 3.38. The lowest BCUT2D eigenvalue weighted by molar-refractivity contribution is 0.0737. The minimum atomic E-state index is -0.270. The smallest absolute Gasteiger partial charge is 0.276 e. The summed E-state index contributed by atoms with van der Waals surface area (Å²) in [5, 5.41) is 4.54. The average Bonchev–Trinajstić information content (AvgIpc) is 3.01. The maximum Gasteiger partial charge on any atom is 0.276 e. The molecule has 24 heavy (non-hydrogen) atoms. The number of carbonyl (C=O) groups excluding carboxylic acids is 1. The number of hydrogen-bond donors (Lipinski definition) is 1. The molecular weight excluding hydrogens is 377 g/mol. The summed E-state index contributed by atoms with van der Waals surface area (Å²) in [5.74, 6) is 0.473. The van der Waals surface area contributed by atoms with E-state index in [9.17, 15) is 4.79 Å². The average molecular weight is 395 g/mol. The quantitative estimate of drug-likeness (QED) is 0.812. The van der Waals surface area contributed by atoms with Gasteiger partial charge in [0.05, 0.1) is 10.0 Å². The molecule has 0 spiro atoms. The van der Waals surface area contributed by atoms with Gasteiger partial charge in [-0.3, -0.25) is 4.79 Å². The van der Waals surface area contributed by atoms with Gasteiger partial charge in [0.2, 0.25) is 0 Å². The zero-order valence-electron chi connectivity index (χ0n) is 13.2. The molecule has 2 N–H and O–H groups in total. The Morgan fingerprint density at radius 1 is 1.42 bits per heavy atom. The Hall–Kier alpha value is -1.47. The van der Waals surface area contributed by atoms with Crippen LogP contribution in [0.2, 0.25) is 10.0 Å². The minimum absolute atomic E-state index is 0. The van der Waals surface area contributed by atoms with E-state index in [1.54, 1.807) is 25.2 Å². The molecule has 0 aliphatic carbocycles. The highest BCUT2D eigenvalue weighted by atomic mass is 35.5. The first-order chi connectivity index (χ1) is 10.9. The fourth-order valence-corrected chi connectivity index (χ4v) is 2.29. The maximum atomic E-state index is 12.2. The van der Waals surface area contributed by atoms with Crippen molar-refractivity contribution in [2.45, 2.75) is 19.6 Å². The van der Waals surface area contributed by atoms with Crippen molar-refractivity contribution in [1.82, 2.24) is 10.1 Å². The van der Waals surface area contributed by atoms with Gasteiger partial charge in [0.25, 0.3) is 5.91 Å². The number of halogens is 3. The van der Waals surface area contributed by atoms with E-state index in [-0.39, 0.29) is 36.7 Å². The van der Waals surface area contributed by atoms with Crippen molar-refractivity contribution in [3.05, 3.63) is 45.8 Å². The van der Waals surface area contributed by atoms with Crippen molar-refractivity contribution < 1.29 is 14.1 Å². The minimum Gasteiger partial charge on any atom is -0.482 e. The van der Waals surface area contributed by atoms with Gasteiger partial charge in [-0.1, -0.05) is 34.4 Å². The van der Waals surface area contributed by atoms with Crippen LogP contribution in [0.4, 0.5) is 0 Å². The SMILES string of the molecule is CC(CN)N(C)C(=O)c1cc(COc2c(Cl)cccc2Cl)on1.Cl. The number of nitrogens with zero attached hydrogens (tertiary/aromatic N) is 2. The Kier molecular flexibility index (Phi) is 7.83. The molecule has 1 atom stereocenters. The Bertz CT molecular complexity index is 673. The molecule has 1 aromatic heterocycles. The van der Waals surface area contributed by atoms with Gasteiger partial charge in [0.15, 0.2) is 17.2 Å². The first-order valence-electron chi connectivity index (χ1n) is 6.93. The lowest BCUT2D eigenvalue weighted by atomic mass is 10.2. The van der Waals surface area contributed by atoms with Crippen LogP contribution in [-0.2, 0) is 6.61 Å². The zero-order chi connectivity index (χ0) is 17.0. The maximum absolute atomic E-state index is 12.2. The van der Waals surface area contributed by atoms with E-state index in [2.05, 4.69) is 5.16 Å². The van der Waals surface area contributed by atoms with Gasteiger partial charge in [0, 0.05) is 25.7 Å². The fourth-order valence-electron chi connectivity index (χ4n) is 1.78. The van der Waals surface area contributed by atoms with Crippen molar-refractivity contribution in [1.29, 1.82) is 0 Å². The van der Waals surface area contributed by atoms with Crippen molar-refractivity contribution in [2.75, 3.05) is 13.6 Å². The number of benzene rings is 1. The van der Waals surface area contributed by atoms with Crippen LogP contribution in [0.1, 0.15) is 23.2 Å². The number of amides is 1. The lowest BCUT2D eigenvalue weighted by Crippen LogP contribution is -2.39. The van der Waals surface area contributed by atoms with Crippen LogP contribution in [0.15, 0.2) is 28.8 Å². The zero-order valence-corrected chi connectivity index (χ0v) is 15.5. The molecule has 1 aromatic carbocycles. The van der Waals surface area contributed by atoms with E-state index in [0.29, 0.717) is 28.1 Å². The summed E-state index contributed by atoms with van der Waals surface area (Å²) in [6.07, 6.45) is 0. The number of likely N-dealkylation sites (N-methyl/N-ethyl adjacent to an activating group) is 1. The molecule has 0 saturated carbocycles. The van der Waals surface area contributed by atoms with Crippen molar-refractivity contribution >= 4 is 41.5 Å². The molecule has 2 aromatic rings. The van der Waals surface area contributed by atoms with Gasteiger partial charge >= 0.3 is 0 Å². The summed E-state index contributed by atoms with van der Waals surface area (Å²) in [6, 6.07) is 6.48. The van der Waals surface area contributed by atoms with Gasteiger partial charge in [-0.05, 0) is 19.1 Å². The Morgan fingerprint density at radius 3 is 2.62 bits per heavy atom. The molecule has 9 heteroatoms. The van der Waals surface area contributed by atoms with E-state index in [1.807, 2.05) is 6.92 Å². The van der Waals surface area contributed by atoms with E-state index in [1.165, 1.54) is 11.0 Å². The second-order valence-electron chi connectivity index (χ2n) is 5.02. The predicted molar refractivity (Wildman–Crippen MR) is 95.2 cm³/mol. The van der Waals surface area contributed by atoms with Crippen LogP contribution in [-0.4, -0.2) is 35.6 Å². The molecule has 0 bridgehead atoms. The number of nitrogens with two attached hydrogens (primary N) is 1. The van der Waals surface area contributed by atoms with E-state index in [0.717, 1.165) is 0 Å². The second kappa shape index (κ2) is 9.13. The summed E-state index contributed by atoms with van der Waals surface area (Å²) >= 11 is 12.0. The Morgan fingerprint density at radius 2 is 2.04 bits per heavy atom. The van der Waals surface area contributed by atoms with Crippen molar-refractivity contribution in [3.8, 4) is 5.75 Å². The predicted octanol–water partition coefficient (Wildman–Crippen LogP) is 3.40. The van der Waals surface area contributed by atoms with Crippen LogP contribution in [0.25, 0.3) is 0 Å². The molecule has 2 rings (SSSR count). The largest absolute Gasteiger partial charge is 0.482 e. The number of ether oxygens (including phenoxy) is 1. The summed E-state index contributed by atoms with van der Waals surface area (Å²) in [4.78, 5) is 13.7. The molecule has 1 amide bonds. The van der Waals surface area contributed by atoms with E-state index >= 15 is 0 Å². The van der Waals surface area contributed by atoms with Crippen LogP contribution in [0.3, 0.4) is 0 Å². The molecule has 1 unspecified atom stereocenters. The molecule has 0 aliphatic heterocycles. The summed E-state index contributed by atoms with van der Waals surface area (Å²) in [5.41, 5.74) is 5.74. The highest BCUT2D eigenvalue weighted by molar-refractivity contribution is 6.37. The summed E-state index contributed by atoms with van der Waals surface area (Å²) in [7, 11) is 1.66. The summed E-state index contributed by atoms with van der Waals surface area (Å²) in [6.45, 7) is 2.27. The van der Waals surface area contributed by atoms with Gasteiger partial charge in [-0.15, -0.1) is 12.4 Å². The Balaban J connectivity index is 0.00000288. The fraction of sp³-hybridized carbons (Fsp3) is 0.333. The second-order valence-corrected chi connectivity index (χ2v) is 5.83. The Labute approximate surface area is 156 Å². The number of para-hydroxylation sites is 1. The van der Waals surface area contributed by atoms with E-state index < -0.39 is 0 Å². The third kappa shape index (κ3) is 4.77. The highest BCUT2D eigenvalue weighted by Crippen LogP contribution is 2.32. The van der Waals surface area contributed by atoms with E-state index in [4.69, 9.17) is 38.2 Å². The number of carbonyl (C=O) groups is 1. The molecule has 0 aliphatic rings. The van der Waals surface area contributed by atoms with Crippen LogP contribution in [0.5, 0.6) is 5.75 Å². The summed E-state index contributed by atoms with van der Waals surface area (Å²) < 4.78 is 10.6. The van der Waals surface area contributed by atoms with Crippen molar-refractivity contribution in [2.24, 2.45) is 5.73 Å². The molecule has 0 saturated heterocycles. The van der Waals surface area contributed by atoms with Crippen LogP contribution >= 0.6 is 35.6 Å². The van der Waals surface area contributed by atoms with Crippen LogP contribution in [0, 0.1) is 0 Å². The number of aromatic nitrogens is 1. The molecule has 0 radical (unpaired) electrons. The molecule has 0 fully saturated rings. The highest BCUT2D eigenvalue weighted by Gasteiger charge is 2.20. The third-order valence-corrected chi connectivity index (χ3v) is 3.97. The standard InChI is InChI=1S/C15H17Cl2N3O3.ClH/c1-9(7-18)20(2)15(21)13-6-10(23-19-13)8-22-14-11(16)4-3-5-12(14)17;/h3-6,9H,7-8,18H2,1-2H3;1H. The normalized spacial score (nSPS) is 11.5. The number of rotatable bonds is 6. The lowest BCUT2D eigenvalue weighted by Gasteiger charge is -2.22. The van der Waals surface area contributed by atoms with Crippen LogP contribution < -0.4 is 10.5 Å². The monoisotopic (exact) mass is 393 g/mol. The van der Waals surface area contributed by atoms with Crippen molar-refractivity contribution in [3.63, 3.8) is 0 Å². The molecular formula is C15H18Cl3N3O3. The topological polar surface area (TPSA) is 81.6 Å². The first kappa shape index (κ1) is 20.6. The van der Waals surface area contributed by atoms with Gasteiger partial charge in [-0.2, -0.15) is 0 Å².